The third-order valence-corrected chi connectivity index (χ3v) is 8.67. The number of aromatic nitrogens is 4. The highest BCUT2D eigenvalue weighted by Crippen LogP contribution is 2.38. The quantitative estimate of drug-likeness (QED) is 0.222. The van der Waals surface area contributed by atoms with E-state index < -0.39 is 0 Å². The Hall–Kier alpha value is -5.22. The van der Waals surface area contributed by atoms with E-state index in [0.29, 0.717) is 0 Å². The lowest BCUT2D eigenvalue weighted by Crippen LogP contribution is -2.01. The molecule has 0 amide bonds. The van der Waals surface area contributed by atoms with E-state index in [-0.39, 0.29) is 0 Å². The number of benzene rings is 5. The van der Waals surface area contributed by atoms with Crippen molar-refractivity contribution >= 4 is 27.9 Å². The minimum atomic E-state index is 0.978. The van der Waals surface area contributed by atoms with Crippen molar-refractivity contribution in [1.29, 1.82) is 0 Å². The van der Waals surface area contributed by atoms with Gasteiger partial charge in [-0.3, -0.25) is 0 Å². The number of nitrogens with zero attached hydrogens (tertiary/aromatic N) is 4. The van der Waals surface area contributed by atoms with Crippen molar-refractivity contribution in [2.24, 2.45) is 14.1 Å². The summed E-state index contributed by atoms with van der Waals surface area (Å²) in [6.07, 6.45) is 6.50. The maximum atomic E-state index is 4.94. The Morgan fingerprint density at radius 3 is 1.79 bits per heavy atom. The number of allylic oxidation sites excluding steroid dienone is 1. The molecule has 0 saturated heterocycles. The summed E-state index contributed by atoms with van der Waals surface area (Å²) in [4.78, 5) is 9.84. The molecule has 0 spiro atoms. The highest BCUT2D eigenvalue weighted by molar-refractivity contribution is 6.06. The molecule has 0 atom stereocenters. The van der Waals surface area contributed by atoms with E-state index in [1.807, 2.05) is 6.07 Å². The number of imidazole rings is 2. The summed E-state index contributed by atoms with van der Waals surface area (Å²) in [5.74, 6) is 2.00. The highest BCUT2D eigenvalue weighted by Gasteiger charge is 2.17. The maximum Gasteiger partial charge on any atom is 0.140 e. The van der Waals surface area contributed by atoms with E-state index in [9.17, 15) is 0 Å². The summed E-state index contributed by atoms with van der Waals surface area (Å²) >= 11 is 0. The molecule has 0 aliphatic heterocycles. The molecule has 0 N–H and O–H groups in total. The fourth-order valence-corrected chi connectivity index (χ4v) is 6.48. The summed E-state index contributed by atoms with van der Waals surface area (Å²) in [6.45, 7) is 0. The number of para-hydroxylation sites is 2. The Morgan fingerprint density at radius 2 is 1.17 bits per heavy atom. The number of rotatable bonds is 4. The van der Waals surface area contributed by atoms with Crippen molar-refractivity contribution < 1.29 is 0 Å². The van der Waals surface area contributed by atoms with Crippen molar-refractivity contribution in [2.75, 3.05) is 0 Å². The van der Waals surface area contributed by atoms with Crippen LogP contribution in [0.5, 0.6) is 0 Å². The summed E-state index contributed by atoms with van der Waals surface area (Å²) in [7, 11) is 4.21. The summed E-state index contributed by atoms with van der Waals surface area (Å²) in [5, 5.41) is 2.50. The van der Waals surface area contributed by atoms with Crippen LogP contribution in [-0.4, -0.2) is 19.1 Å². The molecule has 4 nitrogen and oxygen atoms in total. The van der Waals surface area contributed by atoms with Gasteiger partial charge in [-0.15, -0.1) is 0 Å². The van der Waals surface area contributed by atoms with Gasteiger partial charge in [0.05, 0.1) is 16.7 Å². The molecule has 0 unspecified atom stereocenters. The Kier molecular flexibility index (Phi) is 5.68. The molecule has 0 fully saturated rings. The molecule has 8 rings (SSSR count). The number of hydrogen-bond donors (Lipinski definition) is 0. The van der Waals surface area contributed by atoms with Crippen molar-refractivity contribution in [3.05, 3.63) is 127 Å². The van der Waals surface area contributed by atoms with Gasteiger partial charge in [0.2, 0.25) is 0 Å². The standard InChI is InChI=1S/C38H30N4/c1-41-34-15-5-3-13-32(34)39-37(41)28-21-17-25(18-22-28)30-11-7-9-27-10-8-12-31(36(27)30)26-19-23-29(24-20-26)38-40-33-14-4-6-16-35(33)42(38)2/h3-5,7-15,17-24H,6,16H2,1-2H3. The molecule has 0 radical (unpaired) electrons. The largest absolute Gasteiger partial charge is 0.331 e. The van der Waals surface area contributed by atoms with Crippen LogP contribution in [0.4, 0.5) is 0 Å². The van der Waals surface area contributed by atoms with Gasteiger partial charge in [0.25, 0.3) is 0 Å². The molecule has 2 aromatic heterocycles. The van der Waals surface area contributed by atoms with Crippen LogP contribution in [0.15, 0.2) is 115 Å². The SMILES string of the molecule is Cn1c(-c2ccc(-c3cccc4cccc(-c5ccc(-c6nc7ccccc7n6C)cc5)c34)cc2)nc2c1CCC=C2. The van der Waals surface area contributed by atoms with E-state index in [4.69, 9.17) is 9.97 Å². The lowest BCUT2D eigenvalue weighted by Gasteiger charge is -2.14. The van der Waals surface area contributed by atoms with Crippen molar-refractivity contribution in [1.82, 2.24) is 19.1 Å². The van der Waals surface area contributed by atoms with Crippen LogP contribution in [-0.2, 0) is 20.5 Å². The highest BCUT2D eigenvalue weighted by atomic mass is 15.1. The Labute approximate surface area is 245 Å². The van der Waals surface area contributed by atoms with E-state index in [2.05, 4.69) is 139 Å². The zero-order chi connectivity index (χ0) is 28.2. The molecule has 7 aromatic rings. The third kappa shape index (κ3) is 3.91. The Morgan fingerprint density at radius 1 is 0.571 bits per heavy atom. The van der Waals surface area contributed by atoms with E-state index in [0.717, 1.165) is 52.3 Å². The molecule has 2 heterocycles. The van der Waals surface area contributed by atoms with Gasteiger partial charge in [-0.1, -0.05) is 103 Å². The lowest BCUT2D eigenvalue weighted by molar-refractivity contribution is 0.809. The predicted molar refractivity (Wildman–Crippen MR) is 174 cm³/mol. The summed E-state index contributed by atoms with van der Waals surface area (Å²) in [6, 6.07) is 39.2. The van der Waals surface area contributed by atoms with Gasteiger partial charge in [-0.05, 0) is 64.1 Å². The second-order valence-corrected chi connectivity index (χ2v) is 11.1. The molecule has 5 aromatic carbocycles. The van der Waals surface area contributed by atoms with Crippen LogP contribution >= 0.6 is 0 Å². The Balaban J connectivity index is 1.18. The zero-order valence-electron chi connectivity index (χ0n) is 23.8. The first-order valence-corrected chi connectivity index (χ1v) is 14.5. The van der Waals surface area contributed by atoms with Crippen LogP contribution in [0.25, 0.3) is 72.9 Å². The second-order valence-electron chi connectivity index (χ2n) is 11.1. The van der Waals surface area contributed by atoms with Gasteiger partial charge in [-0.2, -0.15) is 0 Å². The topological polar surface area (TPSA) is 35.6 Å². The molecule has 4 heteroatoms. The molecule has 0 bridgehead atoms. The minimum Gasteiger partial charge on any atom is -0.331 e. The van der Waals surface area contributed by atoms with Gasteiger partial charge in [0.1, 0.15) is 11.6 Å². The van der Waals surface area contributed by atoms with Crippen LogP contribution in [0.2, 0.25) is 0 Å². The average Bonchev–Trinajstić information content (AvgIpc) is 3.57. The second kappa shape index (κ2) is 9.71. The maximum absolute atomic E-state index is 4.94. The summed E-state index contributed by atoms with van der Waals surface area (Å²) in [5.41, 5.74) is 11.7. The summed E-state index contributed by atoms with van der Waals surface area (Å²) < 4.78 is 4.42. The zero-order valence-corrected chi connectivity index (χ0v) is 23.8. The van der Waals surface area contributed by atoms with E-state index in [1.54, 1.807) is 0 Å². The Bertz CT molecular complexity index is 2140. The van der Waals surface area contributed by atoms with E-state index >= 15 is 0 Å². The monoisotopic (exact) mass is 542 g/mol. The van der Waals surface area contributed by atoms with Gasteiger partial charge in [0, 0.05) is 30.9 Å². The molecule has 1 aliphatic rings. The molecular formula is C38H30N4. The van der Waals surface area contributed by atoms with Crippen LogP contribution in [0.1, 0.15) is 17.8 Å². The number of aryl methyl sites for hydroxylation is 1. The van der Waals surface area contributed by atoms with Crippen molar-refractivity contribution in [2.45, 2.75) is 12.8 Å². The molecule has 0 saturated carbocycles. The fourth-order valence-electron chi connectivity index (χ4n) is 6.48. The molecule has 42 heavy (non-hydrogen) atoms. The van der Waals surface area contributed by atoms with Crippen LogP contribution < -0.4 is 0 Å². The first-order valence-electron chi connectivity index (χ1n) is 14.5. The molecule has 202 valence electrons. The minimum absolute atomic E-state index is 0.978. The van der Waals surface area contributed by atoms with Crippen molar-refractivity contribution in [3.63, 3.8) is 0 Å². The number of fused-ring (bicyclic) bond motifs is 3. The van der Waals surface area contributed by atoms with Gasteiger partial charge in [0.15, 0.2) is 0 Å². The smallest absolute Gasteiger partial charge is 0.140 e. The molecule has 1 aliphatic carbocycles. The van der Waals surface area contributed by atoms with E-state index in [1.165, 1.54) is 38.7 Å². The lowest BCUT2D eigenvalue weighted by atomic mass is 9.91. The normalized spacial score (nSPS) is 12.7. The predicted octanol–water partition coefficient (Wildman–Crippen LogP) is 9.09. The third-order valence-electron chi connectivity index (χ3n) is 8.67. The van der Waals surface area contributed by atoms with Gasteiger partial charge >= 0.3 is 0 Å². The molecular weight excluding hydrogens is 512 g/mol. The number of hydrogen-bond acceptors (Lipinski definition) is 2. The van der Waals surface area contributed by atoms with Crippen LogP contribution in [0, 0.1) is 0 Å². The average molecular weight is 543 g/mol. The van der Waals surface area contributed by atoms with Crippen molar-refractivity contribution in [3.8, 4) is 45.0 Å². The van der Waals surface area contributed by atoms with Gasteiger partial charge in [-0.25, -0.2) is 9.97 Å². The van der Waals surface area contributed by atoms with Gasteiger partial charge < -0.3 is 9.13 Å². The first-order chi connectivity index (χ1) is 20.7. The first kappa shape index (κ1) is 24.6. The fraction of sp³-hybridized carbons (Fsp3) is 0.105. The van der Waals surface area contributed by atoms with Crippen LogP contribution in [0.3, 0.4) is 0 Å².